The maximum atomic E-state index is 11.6. The number of carboxylic acids is 1. The lowest BCUT2D eigenvalue weighted by Crippen LogP contribution is -2.30. The highest BCUT2D eigenvalue weighted by Gasteiger charge is 2.41. The average molecular weight is 466 g/mol. The van der Waals surface area contributed by atoms with Crippen LogP contribution in [0.25, 0.3) is 11.3 Å². The number of carbonyl (C=O) groups excluding carboxylic acids is 1. The number of hydrogen-bond donors (Lipinski definition) is 2. The third-order valence-electron chi connectivity index (χ3n) is 5.54. The average Bonchev–Trinajstić information content (AvgIpc) is 3.44. The summed E-state index contributed by atoms with van der Waals surface area (Å²) >= 11 is 5.61. The molecular weight excluding hydrogens is 442 g/mol. The fraction of sp³-hybridized carbons (Fsp3) is 0.250. The van der Waals surface area contributed by atoms with Gasteiger partial charge in [-0.15, -0.1) is 0 Å². The molecule has 1 aliphatic rings. The number of benzene rings is 1. The van der Waals surface area contributed by atoms with Crippen LogP contribution in [-0.4, -0.2) is 45.7 Å². The number of ether oxygens (including phenoxy) is 1. The molecule has 0 spiro atoms. The molecule has 9 heteroatoms. The van der Waals surface area contributed by atoms with Crippen LogP contribution in [0.4, 0.5) is 0 Å². The summed E-state index contributed by atoms with van der Waals surface area (Å²) in [6, 6.07) is 15.5. The van der Waals surface area contributed by atoms with Crippen molar-refractivity contribution >= 4 is 29.3 Å². The van der Waals surface area contributed by atoms with Gasteiger partial charge in [0.05, 0.1) is 24.4 Å². The standard InChI is InChI=1S/C24H23N3O5S/c1-31-20(28)6-4-14-27-22(21(26-24(27)33)17-5-2-3-13-25-17)19-12-11-18(32-19)15-7-9-16(10-8-15)23(29)30/h2-3,5,7-13,21-22H,4,6,14H2,1H3,(H,26,33)(H,29,30). The highest BCUT2D eigenvalue weighted by atomic mass is 32.1. The van der Waals surface area contributed by atoms with E-state index in [0.29, 0.717) is 29.6 Å². The number of furan rings is 1. The summed E-state index contributed by atoms with van der Waals surface area (Å²) in [5.41, 5.74) is 1.80. The van der Waals surface area contributed by atoms with Crippen LogP contribution in [0, 0.1) is 0 Å². The number of hydrogen-bond acceptors (Lipinski definition) is 6. The maximum Gasteiger partial charge on any atom is 0.335 e. The molecule has 1 aliphatic heterocycles. The molecule has 3 heterocycles. The first-order valence-electron chi connectivity index (χ1n) is 10.5. The molecule has 3 aromatic rings. The molecule has 2 atom stereocenters. The molecule has 2 N–H and O–H groups in total. The van der Waals surface area contributed by atoms with Crippen molar-refractivity contribution < 1.29 is 23.8 Å². The lowest BCUT2D eigenvalue weighted by atomic mass is 10.0. The van der Waals surface area contributed by atoms with Gasteiger partial charge in [0, 0.05) is 24.7 Å². The number of pyridine rings is 1. The molecule has 0 saturated carbocycles. The van der Waals surface area contributed by atoms with E-state index in [9.17, 15) is 9.59 Å². The lowest BCUT2D eigenvalue weighted by molar-refractivity contribution is -0.140. The lowest BCUT2D eigenvalue weighted by Gasteiger charge is -2.25. The van der Waals surface area contributed by atoms with Crippen molar-refractivity contribution in [1.82, 2.24) is 15.2 Å². The molecule has 2 aromatic heterocycles. The summed E-state index contributed by atoms with van der Waals surface area (Å²) in [7, 11) is 1.37. The van der Waals surface area contributed by atoms with Crippen molar-refractivity contribution in [3.05, 3.63) is 77.8 Å². The van der Waals surface area contributed by atoms with Gasteiger partial charge in [-0.1, -0.05) is 18.2 Å². The molecule has 0 bridgehead atoms. The number of nitrogens with one attached hydrogen (secondary N) is 1. The molecule has 0 aliphatic carbocycles. The van der Waals surface area contributed by atoms with Crippen LogP contribution in [0.2, 0.25) is 0 Å². The Hall–Kier alpha value is -3.72. The second-order valence-electron chi connectivity index (χ2n) is 7.58. The molecule has 1 saturated heterocycles. The van der Waals surface area contributed by atoms with E-state index in [4.69, 9.17) is 26.5 Å². The monoisotopic (exact) mass is 465 g/mol. The molecule has 170 valence electrons. The molecule has 1 aromatic carbocycles. The van der Waals surface area contributed by atoms with Crippen LogP contribution >= 0.6 is 12.2 Å². The van der Waals surface area contributed by atoms with Gasteiger partial charge in [0.15, 0.2) is 5.11 Å². The molecule has 0 amide bonds. The third kappa shape index (κ3) is 4.88. The highest BCUT2D eigenvalue weighted by Crippen LogP contribution is 2.40. The number of rotatable bonds is 8. The van der Waals surface area contributed by atoms with Gasteiger partial charge in [-0.05, 0) is 55.0 Å². The Morgan fingerprint density at radius 2 is 1.97 bits per heavy atom. The summed E-state index contributed by atoms with van der Waals surface area (Å²) in [5, 5.41) is 13.0. The molecule has 8 nitrogen and oxygen atoms in total. The zero-order chi connectivity index (χ0) is 23.4. The van der Waals surface area contributed by atoms with Crippen molar-refractivity contribution in [2.45, 2.75) is 24.9 Å². The number of carbonyl (C=O) groups is 2. The Bertz CT molecular complexity index is 1150. The van der Waals surface area contributed by atoms with E-state index in [1.807, 2.05) is 35.2 Å². The van der Waals surface area contributed by atoms with Crippen molar-refractivity contribution in [2.75, 3.05) is 13.7 Å². The van der Waals surface area contributed by atoms with E-state index >= 15 is 0 Å². The molecule has 4 rings (SSSR count). The van der Waals surface area contributed by atoms with Crippen LogP contribution in [-0.2, 0) is 9.53 Å². The minimum atomic E-state index is -0.979. The summed E-state index contributed by atoms with van der Waals surface area (Å²) in [4.78, 5) is 29.2. The minimum Gasteiger partial charge on any atom is -0.478 e. The molecular formula is C24H23N3O5S. The van der Waals surface area contributed by atoms with Crippen LogP contribution in [0.3, 0.4) is 0 Å². The van der Waals surface area contributed by atoms with Gasteiger partial charge in [-0.3, -0.25) is 9.78 Å². The van der Waals surface area contributed by atoms with Gasteiger partial charge in [-0.25, -0.2) is 4.79 Å². The molecule has 1 fully saturated rings. The first-order chi connectivity index (χ1) is 16.0. The minimum absolute atomic E-state index is 0.211. The quantitative estimate of drug-likeness (QED) is 0.378. The van der Waals surface area contributed by atoms with Gasteiger partial charge in [0.2, 0.25) is 0 Å². The van der Waals surface area contributed by atoms with Crippen molar-refractivity contribution in [1.29, 1.82) is 0 Å². The zero-order valence-corrected chi connectivity index (χ0v) is 18.7. The normalized spacial score (nSPS) is 17.6. The molecule has 0 radical (unpaired) electrons. The Kier molecular flexibility index (Phi) is 6.69. The summed E-state index contributed by atoms with van der Waals surface area (Å²) in [5.74, 6) is 0.0615. The van der Waals surface area contributed by atoms with Crippen molar-refractivity contribution in [2.24, 2.45) is 0 Å². The van der Waals surface area contributed by atoms with E-state index in [1.165, 1.54) is 7.11 Å². The fourth-order valence-corrected chi connectivity index (χ4v) is 4.23. The summed E-state index contributed by atoms with van der Waals surface area (Å²) < 4.78 is 11.0. The topological polar surface area (TPSA) is 105 Å². The summed E-state index contributed by atoms with van der Waals surface area (Å²) in [6.45, 7) is 0.540. The second kappa shape index (κ2) is 9.83. The number of methoxy groups -OCH3 is 1. The number of thiocarbonyl (C=S) groups is 1. The largest absolute Gasteiger partial charge is 0.478 e. The zero-order valence-electron chi connectivity index (χ0n) is 17.9. The van der Waals surface area contributed by atoms with E-state index < -0.39 is 5.97 Å². The Balaban J connectivity index is 1.63. The Labute approximate surface area is 196 Å². The van der Waals surface area contributed by atoms with Crippen LogP contribution in [0.15, 0.2) is 65.2 Å². The van der Waals surface area contributed by atoms with Crippen LogP contribution in [0.5, 0.6) is 0 Å². The smallest absolute Gasteiger partial charge is 0.335 e. The maximum absolute atomic E-state index is 11.6. The van der Waals surface area contributed by atoms with Crippen molar-refractivity contribution in [3.8, 4) is 11.3 Å². The van der Waals surface area contributed by atoms with Crippen molar-refractivity contribution in [3.63, 3.8) is 0 Å². The van der Waals surface area contributed by atoms with Crippen LogP contribution in [0.1, 0.15) is 46.7 Å². The van der Waals surface area contributed by atoms with Crippen LogP contribution < -0.4 is 5.32 Å². The number of aromatic carboxylic acids is 1. The second-order valence-corrected chi connectivity index (χ2v) is 7.97. The van der Waals surface area contributed by atoms with Gasteiger partial charge in [0.25, 0.3) is 0 Å². The predicted octanol–water partition coefficient (Wildman–Crippen LogP) is 3.97. The summed E-state index contributed by atoms with van der Waals surface area (Å²) in [6.07, 6.45) is 2.59. The van der Waals surface area contributed by atoms with Gasteiger partial charge in [0.1, 0.15) is 17.6 Å². The van der Waals surface area contributed by atoms with Gasteiger partial charge < -0.3 is 24.5 Å². The number of carboxylic acid groups (broad SMARTS) is 1. The van der Waals surface area contributed by atoms with E-state index in [0.717, 1.165) is 11.3 Å². The van der Waals surface area contributed by atoms with Gasteiger partial charge >= 0.3 is 11.9 Å². The van der Waals surface area contributed by atoms with E-state index in [1.54, 1.807) is 30.5 Å². The number of aromatic nitrogens is 1. The predicted molar refractivity (Wildman–Crippen MR) is 125 cm³/mol. The van der Waals surface area contributed by atoms with E-state index in [-0.39, 0.29) is 30.0 Å². The Morgan fingerprint density at radius 1 is 1.18 bits per heavy atom. The Morgan fingerprint density at radius 3 is 2.64 bits per heavy atom. The molecule has 33 heavy (non-hydrogen) atoms. The first-order valence-corrected chi connectivity index (χ1v) is 10.9. The number of esters is 1. The molecule has 2 unspecified atom stereocenters. The number of nitrogens with zero attached hydrogens (tertiary/aromatic N) is 2. The fourth-order valence-electron chi connectivity index (χ4n) is 3.90. The highest BCUT2D eigenvalue weighted by molar-refractivity contribution is 7.80. The first kappa shape index (κ1) is 22.5. The SMILES string of the molecule is COC(=O)CCCN1C(=S)NC(c2ccccn2)C1c1ccc(-c2ccc(C(=O)O)cc2)o1. The van der Waals surface area contributed by atoms with E-state index in [2.05, 4.69) is 10.3 Å². The third-order valence-corrected chi connectivity index (χ3v) is 5.89. The van der Waals surface area contributed by atoms with Gasteiger partial charge in [-0.2, -0.15) is 0 Å².